The lowest BCUT2D eigenvalue weighted by atomic mass is 9.79. The summed E-state index contributed by atoms with van der Waals surface area (Å²) in [5.74, 6) is 3.35. The van der Waals surface area contributed by atoms with E-state index in [4.69, 9.17) is 23.8 Å². The van der Waals surface area contributed by atoms with Gasteiger partial charge in [0.1, 0.15) is 16.9 Å². The van der Waals surface area contributed by atoms with Gasteiger partial charge in [-0.1, -0.05) is 27.0 Å². The number of amides is 4. The largest absolute Gasteiger partial charge is 0.494 e. The maximum Gasteiger partial charge on any atom is 0.494 e. The Morgan fingerprint density at radius 1 is 0.629 bits per heavy atom. The van der Waals surface area contributed by atoms with Crippen molar-refractivity contribution in [1.82, 2.24) is 39.8 Å². The number of fused-ring (bicyclic) bond motifs is 2. The van der Waals surface area contributed by atoms with Crippen LogP contribution in [-0.2, 0) is 18.8 Å². The molecular formula is C51H75BN12O6. The summed E-state index contributed by atoms with van der Waals surface area (Å²) in [6.45, 7) is 26.7. The van der Waals surface area contributed by atoms with Crippen molar-refractivity contribution in [3.8, 4) is 11.4 Å². The van der Waals surface area contributed by atoms with E-state index in [0.29, 0.717) is 18.9 Å². The smallest absolute Gasteiger partial charge is 0.399 e. The Bertz CT molecular complexity index is 2600. The van der Waals surface area contributed by atoms with Gasteiger partial charge in [0.2, 0.25) is 0 Å². The molecule has 3 fully saturated rings. The normalized spacial score (nSPS) is 20.2. The fraction of sp³-hybridized carbons (Fsp3) is 0.490. The van der Waals surface area contributed by atoms with Crippen molar-refractivity contribution in [2.45, 2.75) is 127 Å². The van der Waals surface area contributed by atoms with Crippen LogP contribution in [0.4, 0.5) is 32.6 Å². The summed E-state index contributed by atoms with van der Waals surface area (Å²) in [6, 6.07) is 22.7. The molecule has 18 nitrogen and oxygen atoms in total. The minimum absolute atomic E-state index is 0. The molecule has 0 aliphatic carbocycles. The maximum absolute atomic E-state index is 11.7. The van der Waals surface area contributed by atoms with E-state index in [9.17, 15) is 9.59 Å². The number of carbonyl (C=O) groups excluding carboxylic acids is 2. The van der Waals surface area contributed by atoms with E-state index in [1.54, 1.807) is 0 Å². The molecule has 0 saturated carbocycles. The van der Waals surface area contributed by atoms with Crippen LogP contribution in [0.15, 0.2) is 85.2 Å². The van der Waals surface area contributed by atoms with Crippen molar-refractivity contribution in [2.75, 3.05) is 59.7 Å². The number of nitrogens with one attached hydrogen (secondary N) is 4. The van der Waals surface area contributed by atoms with Crippen LogP contribution in [0.25, 0.3) is 22.4 Å². The van der Waals surface area contributed by atoms with Gasteiger partial charge in [0.15, 0.2) is 17.5 Å². The summed E-state index contributed by atoms with van der Waals surface area (Å²) < 4.78 is 27.4. The molecule has 3 aliphatic rings. The first-order valence-corrected chi connectivity index (χ1v) is 23.6. The van der Waals surface area contributed by atoms with E-state index in [1.165, 1.54) is 0 Å². The molecule has 378 valence electrons. The third-order valence-corrected chi connectivity index (χ3v) is 12.1. The lowest BCUT2D eigenvalue weighted by Crippen LogP contribution is -2.46. The van der Waals surface area contributed by atoms with Gasteiger partial charge >= 0.3 is 19.2 Å². The summed E-state index contributed by atoms with van der Waals surface area (Å²) in [5, 5.41) is 20.0. The summed E-state index contributed by atoms with van der Waals surface area (Å²) >= 11 is 0. The standard InChI is InChI=1S/C21H26N6O2.C15H23BN2O3.C13H18N4O.2CH4/c1-4-22-21(28)23-17-9-7-16(8-10-17)19-24-20(18-6-5-11-27(18)25-19)26-12-14(2)29-15(3)13-26;1-6-17-13(19)18-12-9-7-11(8-10-12)16-20-14(2,3)15(4,5)21-16;1-9-7-16(8-10(2)18-9)13-12-5-4-6-17(12)15-11(3)14-13;;/h5-11,14-15H,4,12-13H2,1-3H3,(H2,22,23,28);7-10H,6H2,1-5H3,(H2,17,18,19);4-6,9-10H,7-8H2,1-3H3;2*1H4/t14-,15+;;9-,10+;;. The molecule has 4 aromatic heterocycles. The number of carbonyl (C=O) groups is 2. The highest BCUT2D eigenvalue weighted by molar-refractivity contribution is 6.62. The summed E-state index contributed by atoms with van der Waals surface area (Å²) in [7, 11) is -0.381. The molecule has 4 amide bonds. The zero-order valence-electron chi connectivity index (χ0n) is 41.2. The van der Waals surface area contributed by atoms with Gasteiger partial charge in [-0.05, 0) is 142 Å². The number of morpholine rings is 2. The Morgan fingerprint density at radius 3 is 1.49 bits per heavy atom. The number of hydrogen-bond donors (Lipinski definition) is 4. The topological polar surface area (TPSA) is 186 Å². The second-order valence-corrected chi connectivity index (χ2v) is 18.5. The second kappa shape index (κ2) is 23.6. The molecule has 3 aliphatic heterocycles. The first kappa shape index (κ1) is 54.7. The molecule has 6 aromatic rings. The van der Waals surface area contributed by atoms with E-state index in [2.05, 4.69) is 80.0 Å². The van der Waals surface area contributed by atoms with E-state index < -0.39 is 0 Å². The van der Waals surface area contributed by atoms with Crippen LogP contribution in [0.2, 0.25) is 0 Å². The minimum Gasteiger partial charge on any atom is -0.399 e. The average Bonchev–Trinajstić information content (AvgIpc) is 4.01. The summed E-state index contributed by atoms with van der Waals surface area (Å²) in [5.41, 5.74) is 4.61. The molecule has 4 N–H and O–H groups in total. The number of aromatic nitrogens is 6. The van der Waals surface area contributed by atoms with Crippen LogP contribution in [0, 0.1) is 6.92 Å². The van der Waals surface area contributed by atoms with Gasteiger partial charge in [-0.25, -0.2) is 28.6 Å². The number of anilines is 4. The van der Waals surface area contributed by atoms with Crippen molar-refractivity contribution in [2.24, 2.45) is 0 Å². The van der Waals surface area contributed by atoms with E-state index >= 15 is 0 Å². The van der Waals surface area contributed by atoms with E-state index in [1.807, 2.05) is 137 Å². The number of aryl methyl sites for hydroxylation is 1. The zero-order chi connectivity index (χ0) is 48.8. The number of ether oxygens (including phenoxy) is 2. The lowest BCUT2D eigenvalue weighted by molar-refractivity contribution is -0.00566. The molecule has 0 unspecified atom stereocenters. The van der Waals surface area contributed by atoms with Crippen LogP contribution in [0.3, 0.4) is 0 Å². The van der Waals surface area contributed by atoms with Gasteiger partial charge < -0.3 is 49.8 Å². The molecule has 0 radical (unpaired) electrons. The quantitative estimate of drug-likeness (QED) is 0.107. The molecule has 70 heavy (non-hydrogen) atoms. The van der Waals surface area contributed by atoms with Gasteiger partial charge in [-0.15, -0.1) is 5.10 Å². The molecule has 19 heteroatoms. The molecule has 4 atom stereocenters. The minimum atomic E-state index is -0.381. The molecule has 0 spiro atoms. The van der Waals surface area contributed by atoms with Gasteiger partial charge in [0.05, 0.1) is 35.6 Å². The van der Waals surface area contributed by atoms with Crippen LogP contribution in [0.5, 0.6) is 0 Å². The third kappa shape index (κ3) is 13.3. The van der Waals surface area contributed by atoms with Crippen LogP contribution in [0.1, 0.15) is 89.9 Å². The van der Waals surface area contributed by atoms with Gasteiger partial charge in [0.25, 0.3) is 0 Å². The Morgan fingerprint density at radius 2 is 1.04 bits per heavy atom. The van der Waals surface area contributed by atoms with Crippen molar-refractivity contribution in [1.29, 1.82) is 0 Å². The summed E-state index contributed by atoms with van der Waals surface area (Å²) in [4.78, 5) is 37.2. The zero-order valence-corrected chi connectivity index (χ0v) is 41.2. The van der Waals surface area contributed by atoms with Crippen molar-refractivity contribution < 1.29 is 28.4 Å². The monoisotopic (exact) mass is 963 g/mol. The Kier molecular flexibility index (Phi) is 18.4. The SMILES string of the molecule is C.C.CCNC(=O)Nc1ccc(-c2nc(N3C[C@@H](C)O[C@@H](C)C3)c3cccn3n2)cc1.CCNC(=O)Nc1ccc(B2OC(C)(C)C(C)(C)O2)cc1.Cc1nc(N2C[C@@H](C)O[C@@H](C)C2)c2cccn2n1. The number of rotatable bonds is 8. The molecule has 2 aromatic carbocycles. The molecule has 3 saturated heterocycles. The lowest BCUT2D eigenvalue weighted by Gasteiger charge is -2.36. The third-order valence-electron chi connectivity index (χ3n) is 12.1. The Hall–Kier alpha value is -6.28. The Labute approximate surface area is 414 Å². The van der Waals surface area contributed by atoms with Gasteiger partial charge in [-0.2, -0.15) is 5.10 Å². The van der Waals surface area contributed by atoms with Crippen LogP contribution >= 0.6 is 0 Å². The second-order valence-electron chi connectivity index (χ2n) is 18.5. The van der Waals surface area contributed by atoms with E-state index in [0.717, 1.165) is 77.1 Å². The van der Waals surface area contributed by atoms with Crippen LogP contribution < -0.4 is 36.5 Å². The number of benzene rings is 2. The maximum atomic E-state index is 11.7. The predicted octanol–water partition coefficient (Wildman–Crippen LogP) is 8.20. The average molecular weight is 963 g/mol. The Balaban J connectivity index is 0.000000199. The van der Waals surface area contributed by atoms with E-state index in [-0.39, 0.29) is 69.7 Å². The fourth-order valence-corrected chi connectivity index (χ4v) is 8.31. The molecule has 0 bridgehead atoms. The first-order valence-electron chi connectivity index (χ1n) is 23.6. The molecule has 7 heterocycles. The number of nitrogens with zero attached hydrogens (tertiary/aromatic N) is 8. The highest BCUT2D eigenvalue weighted by Gasteiger charge is 2.51. The number of hydrogen-bond acceptors (Lipinski definition) is 12. The van der Waals surface area contributed by atoms with Gasteiger partial charge in [0, 0.05) is 68.6 Å². The van der Waals surface area contributed by atoms with Crippen molar-refractivity contribution in [3.05, 3.63) is 91.0 Å². The molecule has 9 rings (SSSR count). The number of urea groups is 2. The summed E-state index contributed by atoms with van der Waals surface area (Å²) in [6.07, 6.45) is 4.65. The fourth-order valence-electron chi connectivity index (χ4n) is 8.31. The predicted molar refractivity (Wildman–Crippen MR) is 282 cm³/mol. The van der Waals surface area contributed by atoms with Crippen LogP contribution in [-0.4, -0.2) is 123 Å². The van der Waals surface area contributed by atoms with Gasteiger partial charge in [-0.3, -0.25) is 0 Å². The van der Waals surface area contributed by atoms with Crippen molar-refractivity contribution in [3.63, 3.8) is 0 Å². The van der Waals surface area contributed by atoms with Crippen molar-refractivity contribution >= 4 is 58.7 Å². The molecular weight excluding hydrogens is 887 g/mol. The first-order chi connectivity index (χ1) is 32.4. The highest BCUT2D eigenvalue weighted by atomic mass is 16.7. The highest BCUT2D eigenvalue weighted by Crippen LogP contribution is 2.36.